The molecule has 0 saturated heterocycles. The molecule has 0 aromatic carbocycles. The van der Waals surface area contributed by atoms with Crippen molar-refractivity contribution < 1.29 is 0 Å². The third kappa shape index (κ3) is 2.86. The lowest BCUT2D eigenvalue weighted by Crippen LogP contribution is -2.31. The van der Waals surface area contributed by atoms with Crippen LogP contribution in [0.4, 0.5) is 0 Å². The molecule has 0 heterocycles. The highest BCUT2D eigenvalue weighted by Crippen LogP contribution is 2.40. The molecule has 1 nitrogen and oxygen atoms in total. The van der Waals surface area contributed by atoms with Gasteiger partial charge in [-0.25, -0.2) is 0 Å². The zero-order valence-electron chi connectivity index (χ0n) is 8.20. The van der Waals surface area contributed by atoms with Crippen LogP contribution >= 0.6 is 8.07 Å². The van der Waals surface area contributed by atoms with E-state index in [1.807, 2.05) is 0 Å². The van der Waals surface area contributed by atoms with Crippen molar-refractivity contribution in [3.05, 3.63) is 0 Å². The van der Waals surface area contributed by atoms with Crippen LogP contribution in [0.3, 0.4) is 0 Å². The molecule has 0 aliphatic heterocycles. The summed E-state index contributed by atoms with van der Waals surface area (Å²) < 4.78 is 2.20. The standard InChI is InChI=1S/C10H16NP/c1-7-12(8-2)11(9(3)4)10(5)6/h1-2,9-10H,3-6H3. The molecule has 0 N–H and O–H groups in total. The molecule has 0 amide bonds. The topological polar surface area (TPSA) is 3.24 Å². The van der Waals surface area contributed by atoms with Gasteiger partial charge >= 0.3 is 0 Å². The molecule has 12 heavy (non-hydrogen) atoms. The number of hydrogen-bond donors (Lipinski definition) is 0. The highest BCUT2D eigenvalue weighted by atomic mass is 31.1. The highest BCUT2D eigenvalue weighted by molar-refractivity contribution is 7.65. The van der Waals surface area contributed by atoms with Gasteiger partial charge in [0, 0.05) is 12.1 Å². The van der Waals surface area contributed by atoms with Crippen molar-refractivity contribution in [1.29, 1.82) is 0 Å². The molecule has 0 spiro atoms. The molecule has 0 unspecified atom stereocenters. The molecular formula is C10H16NP. The molecule has 0 saturated carbocycles. The van der Waals surface area contributed by atoms with Gasteiger partial charge in [0.15, 0.2) is 0 Å². The Morgan fingerprint density at radius 3 is 1.42 bits per heavy atom. The molecule has 0 fully saturated rings. The lowest BCUT2D eigenvalue weighted by Gasteiger charge is -2.31. The molecule has 0 bridgehead atoms. The second kappa shape index (κ2) is 5.21. The normalized spacial score (nSPS) is 10.8. The Morgan fingerprint density at radius 1 is 1.00 bits per heavy atom. The zero-order chi connectivity index (χ0) is 9.72. The summed E-state index contributed by atoms with van der Waals surface area (Å²) >= 11 is 0. The maximum atomic E-state index is 5.35. The van der Waals surface area contributed by atoms with E-state index >= 15 is 0 Å². The lowest BCUT2D eigenvalue weighted by molar-refractivity contribution is 0.328. The summed E-state index contributed by atoms with van der Waals surface area (Å²) in [6, 6.07) is 0.839. The van der Waals surface area contributed by atoms with Gasteiger partial charge in [0.2, 0.25) is 0 Å². The van der Waals surface area contributed by atoms with E-state index in [1.165, 1.54) is 0 Å². The van der Waals surface area contributed by atoms with E-state index in [0.29, 0.717) is 12.1 Å². The van der Waals surface area contributed by atoms with Gasteiger partial charge in [-0.05, 0) is 39.0 Å². The van der Waals surface area contributed by atoms with Crippen LogP contribution in [0, 0.1) is 24.2 Å². The van der Waals surface area contributed by atoms with Crippen molar-refractivity contribution in [2.24, 2.45) is 0 Å². The predicted molar refractivity (Wildman–Crippen MR) is 56.7 cm³/mol. The summed E-state index contributed by atoms with van der Waals surface area (Å²) in [6.07, 6.45) is 10.7. The molecule has 2 heteroatoms. The van der Waals surface area contributed by atoms with E-state index < -0.39 is 8.07 Å². The monoisotopic (exact) mass is 181 g/mol. The smallest absolute Gasteiger partial charge is 0.123 e. The molecule has 0 aliphatic rings. The number of hydrogen-bond acceptors (Lipinski definition) is 1. The van der Waals surface area contributed by atoms with Crippen molar-refractivity contribution in [2.75, 3.05) is 0 Å². The molecule has 66 valence electrons. The van der Waals surface area contributed by atoms with Crippen LogP contribution in [0.25, 0.3) is 0 Å². The maximum absolute atomic E-state index is 5.35. The average molecular weight is 181 g/mol. The van der Waals surface area contributed by atoms with Gasteiger partial charge in [-0.1, -0.05) is 0 Å². The summed E-state index contributed by atoms with van der Waals surface area (Å²) in [5, 5.41) is 0. The van der Waals surface area contributed by atoms with Crippen LogP contribution < -0.4 is 0 Å². The minimum Gasteiger partial charge on any atom is -0.257 e. The van der Waals surface area contributed by atoms with Crippen LogP contribution in [0.5, 0.6) is 0 Å². The molecule has 0 aromatic rings. The van der Waals surface area contributed by atoms with Crippen LogP contribution in [0.15, 0.2) is 0 Å². The van der Waals surface area contributed by atoms with E-state index in [0.717, 1.165) is 0 Å². The third-order valence-electron chi connectivity index (χ3n) is 1.53. The Morgan fingerprint density at radius 2 is 1.33 bits per heavy atom. The predicted octanol–water partition coefficient (Wildman–Crippen LogP) is 2.68. The first-order chi connectivity index (χ1) is 5.54. The first-order valence-corrected chi connectivity index (χ1v) is 5.34. The second-order valence-electron chi connectivity index (χ2n) is 3.14. The van der Waals surface area contributed by atoms with Gasteiger partial charge in [0.05, 0.1) is 0 Å². The molecule has 0 aromatic heterocycles. The minimum atomic E-state index is -0.810. The van der Waals surface area contributed by atoms with Gasteiger partial charge in [-0.3, -0.25) is 4.67 Å². The first-order valence-electron chi connectivity index (χ1n) is 4.05. The fourth-order valence-corrected chi connectivity index (χ4v) is 2.49. The molecular weight excluding hydrogens is 165 g/mol. The molecule has 0 rings (SSSR count). The van der Waals surface area contributed by atoms with Crippen LogP contribution in [0.1, 0.15) is 27.7 Å². The van der Waals surface area contributed by atoms with E-state index in [-0.39, 0.29) is 0 Å². The Kier molecular flexibility index (Phi) is 5.00. The number of terminal acetylenes is 2. The summed E-state index contributed by atoms with van der Waals surface area (Å²) in [7, 11) is -0.810. The van der Waals surface area contributed by atoms with Crippen LogP contribution in [-0.4, -0.2) is 16.8 Å². The van der Waals surface area contributed by atoms with E-state index in [9.17, 15) is 0 Å². The lowest BCUT2D eigenvalue weighted by atomic mass is 10.3. The quantitative estimate of drug-likeness (QED) is 0.478. The van der Waals surface area contributed by atoms with Gasteiger partial charge < -0.3 is 0 Å². The fraction of sp³-hybridized carbons (Fsp3) is 0.600. The Labute approximate surface area is 77.3 Å². The SMILES string of the molecule is C#CP(C#C)N(C(C)C)C(C)C. The van der Waals surface area contributed by atoms with Crippen molar-refractivity contribution >= 4 is 8.07 Å². The summed E-state index contributed by atoms with van der Waals surface area (Å²) in [5.41, 5.74) is 5.34. The maximum Gasteiger partial charge on any atom is 0.123 e. The summed E-state index contributed by atoms with van der Waals surface area (Å²) in [4.78, 5) is 0. The van der Waals surface area contributed by atoms with Crippen molar-refractivity contribution in [1.82, 2.24) is 4.67 Å². The zero-order valence-corrected chi connectivity index (χ0v) is 9.10. The fourth-order valence-electron chi connectivity index (χ4n) is 1.23. The second-order valence-corrected chi connectivity index (χ2v) is 4.74. The largest absolute Gasteiger partial charge is 0.257 e. The van der Waals surface area contributed by atoms with Gasteiger partial charge in [0.1, 0.15) is 8.07 Å². The van der Waals surface area contributed by atoms with Crippen molar-refractivity contribution in [3.63, 3.8) is 0 Å². The van der Waals surface area contributed by atoms with Crippen molar-refractivity contribution in [3.8, 4) is 24.2 Å². The minimum absolute atomic E-state index is 0.420. The van der Waals surface area contributed by atoms with E-state index in [4.69, 9.17) is 12.8 Å². The number of rotatable bonds is 3. The van der Waals surface area contributed by atoms with E-state index in [1.54, 1.807) is 0 Å². The van der Waals surface area contributed by atoms with Gasteiger partial charge in [-0.2, -0.15) is 0 Å². The van der Waals surface area contributed by atoms with Crippen molar-refractivity contribution in [2.45, 2.75) is 39.8 Å². The Bertz CT molecular complexity index is 185. The van der Waals surface area contributed by atoms with Crippen LogP contribution in [0.2, 0.25) is 0 Å². The van der Waals surface area contributed by atoms with Gasteiger partial charge in [-0.15, -0.1) is 12.8 Å². The van der Waals surface area contributed by atoms with E-state index in [2.05, 4.69) is 43.7 Å². The summed E-state index contributed by atoms with van der Waals surface area (Å²) in [6.45, 7) is 8.46. The molecule has 0 atom stereocenters. The number of nitrogens with zero attached hydrogens (tertiary/aromatic N) is 1. The average Bonchev–Trinajstić information content (AvgIpc) is 1.98. The highest BCUT2D eigenvalue weighted by Gasteiger charge is 2.20. The molecule has 0 aliphatic carbocycles. The molecule has 0 radical (unpaired) electrons. The Hall–Kier alpha value is -0.490. The van der Waals surface area contributed by atoms with Crippen LogP contribution in [-0.2, 0) is 0 Å². The summed E-state index contributed by atoms with van der Waals surface area (Å²) in [5.74, 6) is 0. The first kappa shape index (κ1) is 11.5. The third-order valence-corrected chi connectivity index (χ3v) is 3.41. The van der Waals surface area contributed by atoms with Gasteiger partial charge in [0.25, 0.3) is 0 Å². The Balaban J connectivity index is 4.54.